The van der Waals surface area contributed by atoms with Crippen LogP contribution in [0.15, 0.2) is 18.2 Å². The third kappa shape index (κ3) is 1.69. The summed E-state index contributed by atoms with van der Waals surface area (Å²) in [5.74, 6) is 0.115. The fourth-order valence-corrected chi connectivity index (χ4v) is 3.11. The van der Waals surface area contributed by atoms with Gasteiger partial charge in [0.1, 0.15) is 5.75 Å². The Morgan fingerprint density at radius 2 is 1.84 bits per heavy atom. The van der Waals surface area contributed by atoms with Crippen molar-refractivity contribution in [2.24, 2.45) is 11.8 Å². The molecule has 0 bridgehead atoms. The Balaban J connectivity index is 1.96. The molecule has 100 valence electrons. The van der Waals surface area contributed by atoms with E-state index in [1.54, 1.807) is 18.2 Å². The van der Waals surface area contributed by atoms with Crippen molar-refractivity contribution in [1.82, 2.24) is 0 Å². The zero-order chi connectivity index (χ0) is 13.6. The van der Waals surface area contributed by atoms with Crippen molar-refractivity contribution in [2.75, 3.05) is 17.7 Å². The summed E-state index contributed by atoms with van der Waals surface area (Å²) in [4.78, 5) is 25.9. The van der Waals surface area contributed by atoms with E-state index >= 15 is 0 Å². The lowest BCUT2D eigenvalue weighted by atomic mass is 10.00. The van der Waals surface area contributed by atoms with Gasteiger partial charge < -0.3 is 10.5 Å². The second-order valence-corrected chi connectivity index (χ2v) is 5.08. The van der Waals surface area contributed by atoms with Gasteiger partial charge in [-0.25, -0.2) is 4.90 Å². The van der Waals surface area contributed by atoms with Gasteiger partial charge in [-0.05, 0) is 31.0 Å². The van der Waals surface area contributed by atoms with Crippen LogP contribution in [0.1, 0.15) is 19.3 Å². The van der Waals surface area contributed by atoms with Gasteiger partial charge in [-0.1, -0.05) is 6.42 Å². The summed E-state index contributed by atoms with van der Waals surface area (Å²) >= 11 is 0. The molecule has 1 aromatic rings. The van der Waals surface area contributed by atoms with Crippen molar-refractivity contribution in [1.29, 1.82) is 0 Å². The first kappa shape index (κ1) is 12.0. The molecule has 3 rings (SSSR count). The average molecular weight is 260 g/mol. The third-order valence-corrected chi connectivity index (χ3v) is 4.06. The SMILES string of the molecule is COc1ccc(N2C(=O)C3CCCC3C2=O)cc1N. The van der Waals surface area contributed by atoms with Crippen LogP contribution in [0.2, 0.25) is 0 Å². The number of nitrogens with two attached hydrogens (primary N) is 1. The maximum absolute atomic E-state index is 12.3. The summed E-state index contributed by atoms with van der Waals surface area (Å²) in [5.41, 5.74) is 6.80. The minimum atomic E-state index is -0.129. The summed E-state index contributed by atoms with van der Waals surface area (Å²) in [6, 6.07) is 5.00. The lowest BCUT2D eigenvalue weighted by Crippen LogP contribution is -2.31. The average Bonchev–Trinajstić information content (AvgIpc) is 2.95. The van der Waals surface area contributed by atoms with Gasteiger partial charge >= 0.3 is 0 Å². The normalized spacial score (nSPS) is 25.8. The van der Waals surface area contributed by atoms with E-state index in [-0.39, 0.29) is 23.7 Å². The maximum atomic E-state index is 12.3. The van der Waals surface area contributed by atoms with Crippen LogP contribution in [0.4, 0.5) is 11.4 Å². The molecule has 1 aliphatic carbocycles. The minimum Gasteiger partial charge on any atom is -0.495 e. The van der Waals surface area contributed by atoms with Gasteiger partial charge in [0.15, 0.2) is 0 Å². The fourth-order valence-electron chi connectivity index (χ4n) is 3.11. The van der Waals surface area contributed by atoms with Gasteiger partial charge in [-0.2, -0.15) is 0 Å². The largest absolute Gasteiger partial charge is 0.495 e. The number of rotatable bonds is 2. The maximum Gasteiger partial charge on any atom is 0.237 e. The van der Waals surface area contributed by atoms with Gasteiger partial charge in [-0.3, -0.25) is 9.59 Å². The minimum absolute atomic E-state index is 0.0860. The summed E-state index contributed by atoms with van der Waals surface area (Å²) in [6.07, 6.45) is 2.60. The Labute approximate surface area is 111 Å². The molecule has 5 heteroatoms. The molecule has 2 amide bonds. The second kappa shape index (κ2) is 4.26. The number of nitrogens with zero attached hydrogens (tertiary/aromatic N) is 1. The van der Waals surface area contributed by atoms with Crippen LogP contribution in [-0.2, 0) is 9.59 Å². The van der Waals surface area contributed by atoms with Crippen LogP contribution >= 0.6 is 0 Å². The molecule has 2 aliphatic rings. The topological polar surface area (TPSA) is 72.6 Å². The molecule has 1 aromatic carbocycles. The first-order chi connectivity index (χ1) is 9.13. The van der Waals surface area contributed by atoms with E-state index < -0.39 is 0 Å². The van der Waals surface area contributed by atoms with E-state index in [0.29, 0.717) is 17.1 Å². The summed E-state index contributed by atoms with van der Waals surface area (Å²) in [6.45, 7) is 0. The lowest BCUT2D eigenvalue weighted by molar-refractivity contribution is -0.122. The van der Waals surface area contributed by atoms with Gasteiger partial charge in [0.25, 0.3) is 0 Å². The van der Waals surface area contributed by atoms with Crippen LogP contribution in [0.5, 0.6) is 5.75 Å². The number of carbonyl (C=O) groups excluding carboxylic acids is 2. The molecule has 2 unspecified atom stereocenters. The Kier molecular flexibility index (Phi) is 2.69. The van der Waals surface area contributed by atoms with Crippen LogP contribution in [0.3, 0.4) is 0 Å². The van der Waals surface area contributed by atoms with Gasteiger partial charge in [-0.15, -0.1) is 0 Å². The molecule has 1 saturated carbocycles. The number of fused-ring (bicyclic) bond motifs is 1. The number of benzene rings is 1. The van der Waals surface area contributed by atoms with Crippen LogP contribution in [0, 0.1) is 11.8 Å². The van der Waals surface area contributed by atoms with Crippen molar-refractivity contribution in [3.05, 3.63) is 18.2 Å². The van der Waals surface area contributed by atoms with E-state index in [0.717, 1.165) is 19.3 Å². The molecule has 2 atom stereocenters. The molecule has 0 spiro atoms. The Hall–Kier alpha value is -2.04. The monoisotopic (exact) mass is 260 g/mol. The van der Waals surface area contributed by atoms with Crippen molar-refractivity contribution in [3.8, 4) is 5.75 Å². The second-order valence-electron chi connectivity index (χ2n) is 5.08. The standard InChI is InChI=1S/C14H16N2O3/c1-19-12-6-5-8(7-11(12)15)16-13(17)9-3-2-4-10(9)14(16)18/h5-7,9-10H,2-4,15H2,1H3. The van der Waals surface area contributed by atoms with Gasteiger partial charge in [0.2, 0.25) is 11.8 Å². The number of imide groups is 1. The highest BCUT2D eigenvalue weighted by Gasteiger charge is 2.50. The molecule has 0 radical (unpaired) electrons. The number of amides is 2. The van der Waals surface area contributed by atoms with Crippen molar-refractivity contribution in [2.45, 2.75) is 19.3 Å². The highest BCUT2D eigenvalue weighted by Crippen LogP contribution is 2.42. The quantitative estimate of drug-likeness (QED) is 0.647. The highest BCUT2D eigenvalue weighted by molar-refractivity contribution is 6.22. The number of anilines is 2. The van der Waals surface area contributed by atoms with Crippen LogP contribution < -0.4 is 15.4 Å². The molecule has 5 nitrogen and oxygen atoms in total. The molecule has 2 fully saturated rings. The summed E-state index contributed by atoms with van der Waals surface area (Å²) in [5, 5.41) is 0. The number of nitrogen functional groups attached to an aromatic ring is 1. The van der Waals surface area contributed by atoms with Gasteiger partial charge in [0, 0.05) is 0 Å². The molecule has 2 N–H and O–H groups in total. The zero-order valence-electron chi connectivity index (χ0n) is 10.8. The third-order valence-electron chi connectivity index (χ3n) is 4.06. The first-order valence-electron chi connectivity index (χ1n) is 6.45. The highest BCUT2D eigenvalue weighted by atomic mass is 16.5. The smallest absolute Gasteiger partial charge is 0.237 e. The number of carbonyl (C=O) groups is 2. The molecular weight excluding hydrogens is 244 g/mol. The molecule has 1 saturated heterocycles. The Bertz CT molecular complexity index is 534. The predicted molar refractivity (Wildman–Crippen MR) is 70.7 cm³/mol. The Morgan fingerprint density at radius 1 is 1.21 bits per heavy atom. The first-order valence-corrected chi connectivity index (χ1v) is 6.45. The van der Waals surface area contributed by atoms with E-state index in [1.165, 1.54) is 12.0 Å². The molecule has 19 heavy (non-hydrogen) atoms. The molecule has 1 heterocycles. The van der Waals surface area contributed by atoms with Crippen LogP contribution in [0.25, 0.3) is 0 Å². The fraction of sp³-hybridized carbons (Fsp3) is 0.429. The number of hydrogen-bond acceptors (Lipinski definition) is 4. The van der Waals surface area contributed by atoms with Gasteiger partial charge in [0.05, 0.1) is 30.3 Å². The molecule has 1 aliphatic heterocycles. The van der Waals surface area contributed by atoms with E-state index in [4.69, 9.17) is 10.5 Å². The zero-order valence-corrected chi connectivity index (χ0v) is 10.8. The molecular formula is C14H16N2O3. The van der Waals surface area contributed by atoms with Crippen molar-refractivity contribution >= 4 is 23.2 Å². The number of methoxy groups -OCH3 is 1. The van der Waals surface area contributed by atoms with E-state index in [1.807, 2.05) is 0 Å². The summed E-state index contributed by atoms with van der Waals surface area (Å²) < 4.78 is 5.08. The number of ether oxygens (including phenoxy) is 1. The van der Waals surface area contributed by atoms with Crippen LogP contribution in [-0.4, -0.2) is 18.9 Å². The predicted octanol–water partition coefficient (Wildman–Crippen LogP) is 1.57. The number of hydrogen-bond donors (Lipinski definition) is 1. The van der Waals surface area contributed by atoms with E-state index in [9.17, 15) is 9.59 Å². The Morgan fingerprint density at radius 3 is 2.37 bits per heavy atom. The van der Waals surface area contributed by atoms with E-state index in [2.05, 4.69) is 0 Å². The molecule has 0 aromatic heterocycles. The summed E-state index contributed by atoms with van der Waals surface area (Å²) in [7, 11) is 1.53. The lowest BCUT2D eigenvalue weighted by Gasteiger charge is -2.17. The van der Waals surface area contributed by atoms with Crippen molar-refractivity contribution < 1.29 is 14.3 Å². The van der Waals surface area contributed by atoms with Crippen molar-refractivity contribution in [3.63, 3.8) is 0 Å².